The first-order valence-corrected chi connectivity index (χ1v) is 6.71. The monoisotopic (exact) mass is 320 g/mol. The summed E-state index contributed by atoms with van der Waals surface area (Å²) >= 11 is 0. The van der Waals surface area contributed by atoms with E-state index in [1.165, 1.54) is 30.7 Å². The average molecular weight is 321 g/mol. The number of alkyl halides is 2. The molecule has 4 nitrogen and oxygen atoms in total. The maximum absolute atomic E-state index is 12.0. The van der Waals surface area contributed by atoms with Crippen molar-refractivity contribution < 1.29 is 18.3 Å². The third kappa shape index (κ3) is 5.85. The number of halogens is 3. The Hall–Kier alpha value is -1.40. The van der Waals surface area contributed by atoms with Crippen LogP contribution in [0.15, 0.2) is 24.3 Å². The minimum Gasteiger partial charge on any atom is -0.435 e. The molecule has 7 heteroatoms. The summed E-state index contributed by atoms with van der Waals surface area (Å²) < 4.78 is 28.2. The molecule has 0 radical (unpaired) electrons. The van der Waals surface area contributed by atoms with E-state index in [1.54, 1.807) is 0 Å². The van der Waals surface area contributed by atoms with Gasteiger partial charge in [0.1, 0.15) is 5.75 Å². The van der Waals surface area contributed by atoms with Crippen molar-refractivity contribution in [2.75, 3.05) is 13.1 Å². The van der Waals surface area contributed by atoms with Gasteiger partial charge < -0.3 is 15.4 Å². The van der Waals surface area contributed by atoms with E-state index in [0.717, 1.165) is 19.4 Å². The fourth-order valence-electron chi connectivity index (χ4n) is 2.25. The maximum Gasteiger partial charge on any atom is 0.387 e. The number of carbonyl (C=O) groups is 1. The lowest BCUT2D eigenvalue weighted by molar-refractivity contribution is -0.0498. The van der Waals surface area contributed by atoms with Gasteiger partial charge in [0.15, 0.2) is 0 Å². The molecule has 1 aromatic rings. The molecule has 2 N–H and O–H groups in total. The molecule has 1 atom stereocenters. The molecule has 0 spiro atoms. The van der Waals surface area contributed by atoms with E-state index in [4.69, 9.17) is 0 Å². The second-order valence-corrected chi connectivity index (χ2v) is 4.74. The molecule has 2 rings (SSSR count). The molecule has 0 unspecified atom stereocenters. The van der Waals surface area contributed by atoms with Crippen molar-refractivity contribution in [3.8, 4) is 5.75 Å². The Morgan fingerprint density at radius 3 is 2.67 bits per heavy atom. The summed E-state index contributed by atoms with van der Waals surface area (Å²) in [5.74, 6) is -0.154. The summed E-state index contributed by atoms with van der Waals surface area (Å²) in [4.78, 5) is 11.8. The van der Waals surface area contributed by atoms with Gasteiger partial charge in [-0.05, 0) is 50.1 Å². The van der Waals surface area contributed by atoms with Crippen molar-refractivity contribution in [3.63, 3.8) is 0 Å². The van der Waals surface area contributed by atoms with Crippen molar-refractivity contribution in [1.29, 1.82) is 0 Å². The van der Waals surface area contributed by atoms with Crippen LogP contribution in [0.3, 0.4) is 0 Å². The highest BCUT2D eigenvalue weighted by atomic mass is 35.5. The van der Waals surface area contributed by atoms with Crippen molar-refractivity contribution in [1.82, 2.24) is 10.6 Å². The fourth-order valence-corrected chi connectivity index (χ4v) is 2.25. The molecule has 1 saturated heterocycles. The molecule has 0 aromatic heterocycles. The van der Waals surface area contributed by atoms with Crippen LogP contribution in [-0.4, -0.2) is 31.7 Å². The van der Waals surface area contributed by atoms with E-state index in [2.05, 4.69) is 15.4 Å². The first kappa shape index (κ1) is 17.7. The van der Waals surface area contributed by atoms with E-state index in [0.29, 0.717) is 18.2 Å². The quantitative estimate of drug-likeness (QED) is 0.847. The Bertz CT molecular complexity index is 437. The number of hydrogen-bond acceptors (Lipinski definition) is 3. The molecule has 21 heavy (non-hydrogen) atoms. The van der Waals surface area contributed by atoms with Gasteiger partial charge in [0.25, 0.3) is 5.91 Å². The number of benzene rings is 1. The van der Waals surface area contributed by atoms with Crippen LogP contribution in [0.25, 0.3) is 0 Å². The SMILES string of the molecule is Cl.O=C(NCC[C@H]1CCCN1)c1ccc(OC(F)F)cc1. The van der Waals surface area contributed by atoms with Gasteiger partial charge in [0, 0.05) is 18.2 Å². The summed E-state index contributed by atoms with van der Waals surface area (Å²) in [5, 5.41) is 6.18. The van der Waals surface area contributed by atoms with Crippen molar-refractivity contribution in [2.24, 2.45) is 0 Å². The smallest absolute Gasteiger partial charge is 0.387 e. The van der Waals surface area contributed by atoms with Crippen LogP contribution in [0.4, 0.5) is 8.78 Å². The minimum atomic E-state index is -2.85. The van der Waals surface area contributed by atoms with Gasteiger partial charge in [0.05, 0.1) is 0 Å². The lowest BCUT2D eigenvalue weighted by Crippen LogP contribution is -2.30. The van der Waals surface area contributed by atoms with Crippen molar-refractivity contribution >= 4 is 18.3 Å². The lowest BCUT2D eigenvalue weighted by Gasteiger charge is -2.11. The van der Waals surface area contributed by atoms with E-state index in [1.807, 2.05) is 0 Å². The molecule has 1 aliphatic rings. The average Bonchev–Trinajstić information content (AvgIpc) is 2.92. The summed E-state index contributed by atoms with van der Waals surface area (Å²) in [5.41, 5.74) is 0.436. The molecule has 1 aliphatic heterocycles. The van der Waals surface area contributed by atoms with Crippen molar-refractivity contribution in [3.05, 3.63) is 29.8 Å². The molecular weight excluding hydrogens is 302 g/mol. The summed E-state index contributed by atoms with van der Waals surface area (Å²) in [6.07, 6.45) is 3.23. The highest BCUT2D eigenvalue weighted by molar-refractivity contribution is 5.94. The van der Waals surface area contributed by atoms with E-state index in [9.17, 15) is 13.6 Å². The first-order chi connectivity index (χ1) is 9.65. The number of rotatable bonds is 6. The third-order valence-electron chi connectivity index (χ3n) is 3.28. The molecule has 0 bridgehead atoms. The number of hydrogen-bond donors (Lipinski definition) is 2. The van der Waals surface area contributed by atoms with E-state index < -0.39 is 6.61 Å². The van der Waals surface area contributed by atoms with Crippen LogP contribution in [0.2, 0.25) is 0 Å². The number of carbonyl (C=O) groups excluding carboxylic acids is 1. The standard InChI is InChI=1S/C14H18F2N2O2.ClH/c15-14(16)20-12-5-3-10(4-6-12)13(19)18-9-7-11-2-1-8-17-11;/h3-6,11,14,17H,1-2,7-9H2,(H,18,19);1H/t11-;/m1./s1. The fraction of sp³-hybridized carbons (Fsp3) is 0.500. The molecule has 1 amide bonds. The number of amides is 1. The normalized spacial score (nSPS) is 17.4. The Labute approximate surface area is 128 Å². The molecule has 1 heterocycles. The van der Waals surface area contributed by atoms with Gasteiger partial charge in [-0.2, -0.15) is 8.78 Å². The van der Waals surface area contributed by atoms with Gasteiger partial charge >= 0.3 is 6.61 Å². The van der Waals surface area contributed by atoms with Crippen LogP contribution in [-0.2, 0) is 0 Å². The number of ether oxygens (including phenoxy) is 1. The highest BCUT2D eigenvalue weighted by Crippen LogP contribution is 2.15. The highest BCUT2D eigenvalue weighted by Gasteiger charge is 2.14. The zero-order valence-corrected chi connectivity index (χ0v) is 12.3. The first-order valence-electron chi connectivity index (χ1n) is 6.71. The summed E-state index contributed by atoms with van der Waals surface area (Å²) in [6, 6.07) is 6.15. The Morgan fingerprint density at radius 1 is 1.38 bits per heavy atom. The molecule has 118 valence electrons. The van der Waals surface area contributed by atoms with Gasteiger partial charge in [-0.15, -0.1) is 12.4 Å². The summed E-state index contributed by atoms with van der Waals surface area (Å²) in [7, 11) is 0. The van der Waals surface area contributed by atoms with Gasteiger partial charge in [0.2, 0.25) is 0 Å². The van der Waals surface area contributed by atoms with Crippen LogP contribution in [0, 0.1) is 0 Å². The largest absolute Gasteiger partial charge is 0.435 e. The Kier molecular flexibility index (Phi) is 7.39. The second kappa shape index (κ2) is 8.79. The molecule has 0 saturated carbocycles. The summed E-state index contributed by atoms with van der Waals surface area (Å²) in [6.45, 7) is -1.20. The molecule has 0 aliphatic carbocycles. The van der Waals surface area contributed by atoms with Gasteiger partial charge in [-0.25, -0.2) is 0 Å². The van der Waals surface area contributed by atoms with Crippen LogP contribution < -0.4 is 15.4 Å². The number of nitrogens with one attached hydrogen (secondary N) is 2. The minimum absolute atomic E-state index is 0. The predicted molar refractivity (Wildman–Crippen MR) is 78.3 cm³/mol. The maximum atomic E-state index is 12.0. The Morgan fingerprint density at radius 2 is 2.10 bits per heavy atom. The lowest BCUT2D eigenvalue weighted by atomic mass is 10.1. The van der Waals surface area contributed by atoms with E-state index in [-0.39, 0.29) is 24.1 Å². The van der Waals surface area contributed by atoms with Crippen molar-refractivity contribution in [2.45, 2.75) is 31.9 Å². The molecule has 1 fully saturated rings. The van der Waals surface area contributed by atoms with Crippen LogP contribution in [0.1, 0.15) is 29.6 Å². The van der Waals surface area contributed by atoms with Gasteiger partial charge in [-0.1, -0.05) is 0 Å². The van der Waals surface area contributed by atoms with Crippen LogP contribution >= 0.6 is 12.4 Å². The zero-order chi connectivity index (χ0) is 14.4. The predicted octanol–water partition coefficient (Wildman–Crippen LogP) is 2.58. The van der Waals surface area contributed by atoms with E-state index >= 15 is 0 Å². The zero-order valence-electron chi connectivity index (χ0n) is 11.5. The molecule has 1 aromatic carbocycles. The molecular formula is C14H19ClF2N2O2. The Balaban J connectivity index is 0.00000220. The second-order valence-electron chi connectivity index (χ2n) is 4.74. The third-order valence-corrected chi connectivity index (χ3v) is 3.28. The van der Waals surface area contributed by atoms with Crippen LogP contribution in [0.5, 0.6) is 5.75 Å². The van der Waals surface area contributed by atoms with Gasteiger partial charge in [-0.3, -0.25) is 4.79 Å². The topological polar surface area (TPSA) is 50.4 Å².